The maximum absolute atomic E-state index is 4.25. The maximum atomic E-state index is 4.25. The van der Waals surface area contributed by atoms with Crippen LogP contribution in [-0.4, -0.2) is 64.4 Å². The Kier molecular flexibility index (Phi) is 11.2. The molecule has 1 saturated carbocycles. The highest BCUT2D eigenvalue weighted by molar-refractivity contribution is 5.64. The summed E-state index contributed by atoms with van der Waals surface area (Å²) in [7, 11) is 3.25. The fourth-order valence-electron chi connectivity index (χ4n) is 6.74. The van der Waals surface area contributed by atoms with Crippen LogP contribution in [0.15, 0.2) is 18.2 Å². The molecule has 0 N–H and O–H groups in total. The van der Waals surface area contributed by atoms with Crippen LogP contribution in [0.2, 0.25) is 0 Å². The van der Waals surface area contributed by atoms with Crippen molar-refractivity contribution in [1.29, 1.82) is 0 Å². The standard InChI is InChI=1S/C29H49N3.C2H6O/c1-5-8-17-30-19-21-31(22-20-30)28-12-11-26(32-18-9-10-24(32)4)23-27(28)25-13-15-29(6-2,7-3)16-14-25;1-3-2/h11-12,23-25H,5-10,13-22H2,1-4H3;1-2H3/t24-;/m1./s1. The lowest BCUT2D eigenvalue weighted by molar-refractivity contribution is 0.159. The number of anilines is 2. The third-order valence-corrected chi connectivity index (χ3v) is 9.42. The molecule has 200 valence electrons. The molecule has 0 amide bonds. The monoisotopic (exact) mass is 485 g/mol. The Balaban J connectivity index is 0.00000108. The maximum Gasteiger partial charge on any atom is 0.0404 e. The first-order valence-electron chi connectivity index (χ1n) is 14.8. The Hall–Kier alpha value is -1.26. The summed E-state index contributed by atoms with van der Waals surface area (Å²) in [6, 6.07) is 8.25. The van der Waals surface area contributed by atoms with E-state index in [4.69, 9.17) is 0 Å². The third kappa shape index (κ3) is 7.16. The van der Waals surface area contributed by atoms with Gasteiger partial charge in [-0.1, -0.05) is 40.0 Å². The van der Waals surface area contributed by atoms with Gasteiger partial charge in [-0.15, -0.1) is 0 Å². The highest BCUT2D eigenvalue weighted by Gasteiger charge is 2.34. The zero-order valence-corrected chi connectivity index (χ0v) is 24.0. The van der Waals surface area contributed by atoms with Gasteiger partial charge in [-0.25, -0.2) is 0 Å². The SMILES string of the molecule is CCCCN1CCN(c2ccc(N3CCC[C@H]3C)cc2C2CCC(CC)(CC)CC2)CC1.COC. The van der Waals surface area contributed by atoms with Crippen LogP contribution in [0, 0.1) is 5.41 Å². The molecule has 4 rings (SSSR count). The van der Waals surface area contributed by atoms with E-state index < -0.39 is 0 Å². The van der Waals surface area contributed by atoms with Crippen molar-refractivity contribution < 1.29 is 4.74 Å². The predicted octanol–water partition coefficient (Wildman–Crippen LogP) is 7.32. The van der Waals surface area contributed by atoms with Crippen molar-refractivity contribution >= 4 is 11.4 Å². The van der Waals surface area contributed by atoms with E-state index in [9.17, 15) is 0 Å². The lowest BCUT2D eigenvalue weighted by Crippen LogP contribution is -2.47. The summed E-state index contributed by atoms with van der Waals surface area (Å²) in [5.41, 5.74) is 5.33. The van der Waals surface area contributed by atoms with Gasteiger partial charge in [0, 0.05) is 64.4 Å². The first-order chi connectivity index (χ1) is 17.0. The van der Waals surface area contributed by atoms with Crippen molar-refractivity contribution in [2.45, 2.75) is 104 Å². The summed E-state index contributed by atoms with van der Waals surface area (Å²) in [6.45, 7) is 16.9. The summed E-state index contributed by atoms with van der Waals surface area (Å²) in [5.74, 6) is 0.743. The van der Waals surface area contributed by atoms with Gasteiger partial charge >= 0.3 is 0 Å². The number of hydrogen-bond acceptors (Lipinski definition) is 4. The first kappa shape index (κ1) is 28.3. The van der Waals surface area contributed by atoms with E-state index in [2.05, 4.69) is 65.3 Å². The number of unbranched alkanes of at least 4 members (excludes halogenated alkanes) is 1. The Morgan fingerprint density at radius 1 is 0.914 bits per heavy atom. The lowest BCUT2D eigenvalue weighted by Gasteiger charge is -2.42. The summed E-state index contributed by atoms with van der Waals surface area (Å²) in [6.07, 6.45) is 13.6. The van der Waals surface area contributed by atoms with Crippen LogP contribution in [0.5, 0.6) is 0 Å². The van der Waals surface area contributed by atoms with Crippen molar-refractivity contribution in [1.82, 2.24) is 4.90 Å². The Bertz CT molecular complexity index is 729. The second-order valence-electron chi connectivity index (χ2n) is 11.5. The highest BCUT2D eigenvalue weighted by Crippen LogP contribution is 2.49. The van der Waals surface area contributed by atoms with Crippen LogP contribution in [0.4, 0.5) is 11.4 Å². The molecule has 0 unspecified atom stereocenters. The van der Waals surface area contributed by atoms with Crippen LogP contribution in [0.25, 0.3) is 0 Å². The third-order valence-electron chi connectivity index (χ3n) is 9.42. The molecule has 3 fully saturated rings. The van der Waals surface area contributed by atoms with E-state index in [1.807, 2.05) is 0 Å². The van der Waals surface area contributed by atoms with E-state index in [0.29, 0.717) is 11.5 Å². The number of piperazine rings is 1. The van der Waals surface area contributed by atoms with Crippen molar-refractivity contribution in [2.75, 3.05) is 63.3 Å². The number of hydrogen-bond donors (Lipinski definition) is 0. The number of methoxy groups -OCH3 is 1. The van der Waals surface area contributed by atoms with Gasteiger partial charge in [0.2, 0.25) is 0 Å². The van der Waals surface area contributed by atoms with Crippen molar-refractivity contribution in [3.05, 3.63) is 23.8 Å². The molecule has 2 heterocycles. The van der Waals surface area contributed by atoms with Crippen molar-refractivity contribution in [2.24, 2.45) is 5.41 Å². The molecule has 35 heavy (non-hydrogen) atoms. The fourth-order valence-corrected chi connectivity index (χ4v) is 6.74. The van der Waals surface area contributed by atoms with Gasteiger partial charge in [-0.2, -0.15) is 0 Å². The normalized spacial score (nSPS) is 23.3. The van der Waals surface area contributed by atoms with Gasteiger partial charge in [0.1, 0.15) is 0 Å². The molecule has 1 atom stereocenters. The van der Waals surface area contributed by atoms with Gasteiger partial charge in [0.05, 0.1) is 0 Å². The molecule has 4 heteroatoms. The van der Waals surface area contributed by atoms with Crippen LogP contribution < -0.4 is 9.80 Å². The van der Waals surface area contributed by atoms with Crippen LogP contribution >= 0.6 is 0 Å². The van der Waals surface area contributed by atoms with Gasteiger partial charge in [0.25, 0.3) is 0 Å². The Labute approximate surface area is 217 Å². The predicted molar refractivity (Wildman–Crippen MR) is 153 cm³/mol. The van der Waals surface area contributed by atoms with Crippen LogP contribution in [-0.2, 0) is 4.74 Å². The smallest absolute Gasteiger partial charge is 0.0404 e. The van der Waals surface area contributed by atoms with Crippen molar-refractivity contribution in [3.63, 3.8) is 0 Å². The topological polar surface area (TPSA) is 19.0 Å². The lowest BCUT2D eigenvalue weighted by atomic mass is 9.66. The second-order valence-corrected chi connectivity index (χ2v) is 11.5. The minimum absolute atomic E-state index is 0.614. The molecule has 4 nitrogen and oxygen atoms in total. The summed E-state index contributed by atoms with van der Waals surface area (Å²) < 4.78 is 4.25. The number of rotatable bonds is 8. The number of benzene rings is 1. The van der Waals surface area contributed by atoms with Crippen molar-refractivity contribution in [3.8, 4) is 0 Å². The van der Waals surface area contributed by atoms with Gasteiger partial charge < -0.3 is 14.5 Å². The molecule has 0 bridgehead atoms. The molecule has 0 radical (unpaired) electrons. The number of nitrogens with zero attached hydrogens (tertiary/aromatic N) is 3. The van der Waals surface area contributed by atoms with E-state index >= 15 is 0 Å². The molecule has 0 aromatic heterocycles. The van der Waals surface area contributed by atoms with E-state index in [1.165, 1.54) is 109 Å². The van der Waals surface area contributed by atoms with Crippen LogP contribution in [0.1, 0.15) is 103 Å². The molecule has 1 aromatic rings. The Morgan fingerprint density at radius 3 is 2.11 bits per heavy atom. The molecule has 3 aliphatic rings. The average Bonchev–Trinajstić information content (AvgIpc) is 3.34. The number of ether oxygens (including phenoxy) is 1. The molecule has 1 aromatic carbocycles. The molecule has 2 aliphatic heterocycles. The van der Waals surface area contributed by atoms with Crippen LogP contribution in [0.3, 0.4) is 0 Å². The van der Waals surface area contributed by atoms with Gasteiger partial charge in [-0.05, 0) is 93.5 Å². The largest absolute Gasteiger partial charge is 0.388 e. The summed E-state index contributed by atoms with van der Waals surface area (Å²) in [5, 5.41) is 0. The van der Waals surface area contributed by atoms with Gasteiger partial charge in [0.15, 0.2) is 0 Å². The molecular weight excluding hydrogens is 430 g/mol. The average molecular weight is 486 g/mol. The molecule has 0 spiro atoms. The fraction of sp³-hybridized carbons (Fsp3) is 0.806. The summed E-state index contributed by atoms with van der Waals surface area (Å²) >= 11 is 0. The second kappa shape index (κ2) is 13.9. The Morgan fingerprint density at radius 2 is 1.57 bits per heavy atom. The summed E-state index contributed by atoms with van der Waals surface area (Å²) in [4.78, 5) is 8.06. The molecular formula is C31H55N3O. The van der Waals surface area contributed by atoms with E-state index in [0.717, 1.165) is 5.92 Å². The highest BCUT2D eigenvalue weighted by atomic mass is 16.4. The molecule has 1 aliphatic carbocycles. The van der Waals surface area contributed by atoms with Gasteiger partial charge in [-0.3, -0.25) is 4.90 Å². The first-order valence-corrected chi connectivity index (χ1v) is 14.8. The quantitative estimate of drug-likeness (QED) is 0.384. The molecule has 2 saturated heterocycles. The van der Waals surface area contributed by atoms with E-state index in [-0.39, 0.29) is 0 Å². The zero-order chi connectivity index (χ0) is 25.3. The van der Waals surface area contributed by atoms with E-state index in [1.54, 1.807) is 25.5 Å². The minimum Gasteiger partial charge on any atom is -0.388 e. The zero-order valence-electron chi connectivity index (χ0n) is 24.0. The minimum atomic E-state index is 0.614.